The van der Waals surface area contributed by atoms with Gasteiger partial charge in [-0.3, -0.25) is 4.79 Å². The standard InChI is InChI=1S/C11H21NO2.C3H7NO/c1-4-14-11(13)8-10-5-6-12(3)9(2)7-10;1-3(4)2-5/h9-10H,4-8H2,1-3H3;2-3H,4H2,1H3. The predicted molar refractivity (Wildman–Crippen MR) is 75.8 cm³/mol. The number of nitrogens with zero attached hydrogens (tertiary/aromatic N) is 1. The van der Waals surface area contributed by atoms with Crippen LogP contribution in [0.4, 0.5) is 0 Å². The van der Waals surface area contributed by atoms with E-state index in [9.17, 15) is 9.59 Å². The van der Waals surface area contributed by atoms with Crippen LogP contribution in [0, 0.1) is 5.92 Å². The minimum atomic E-state index is -0.296. The van der Waals surface area contributed by atoms with Crippen molar-refractivity contribution in [1.29, 1.82) is 0 Å². The number of carbonyl (C=O) groups is 2. The summed E-state index contributed by atoms with van der Waals surface area (Å²) in [6, 6.07) is 0.304. The van der Waals surface area contributed by atoms with Crippen LogP contribution in [-0.4, -0.2) is 49.4 Å². The molecule has 112 valence electrons. The monoisotopic (exact) mass is 272 g/mol. The molecule has 3 atom stereocenters. The van der Waals surface area contributed by atoms with E-state index in [1.54, 1.807) is 6.92 Å². The van der Waals surface area contributed by atoms with E-state index in [-0.39, 0.29) is 12.0 Å². The van der Waals surface area contributed by atoms with E-state index in [0.717, 1.165) is 19.4 Å². The van der Waals surface area contributed by atoms with E-state index in [2.05, 4.69) is 18.9 Å². The molecule has 0 aromatic heterocycles. The number of nitrogens with two attached hydrogens (primary N) is 1. The Labute approximate surface area is 116 Å². The summed E-state index contributed by atoms with van der Waals surface area (Å²) < 4.78 is 4.95. The molecule has 5 heteroatoms. The van der Waals surface area contributed by atoms with Crippen molar-refractivity contribution in [3.63, 3.8) is 0 Å². The average molecular weight is 272 g/mol. The lowest BCUT2D eigenvalue weighted by atomic mass is 9.89. The number of ether oxygens (including phenoxy) is 1. The maximum atomic E-state index is 11.3. The minimum absolute atomic E-state index is 0.0331. The van der Waals surface area contributed by atoms with Crippen LogP contribution in [0.25, 0.3) is 0 Å². The Kier molecular flexibility index (Phi) is 9.43. The summed E-state index contributed by atoms with van der Waals surface area (Å²) in [5.41, 5.74) is 4.92. The van der Waals surface area contributed by atoms with E-state index in [1.165, 1.54) is 0 Å². The molecular weight excluding hydrogens is 244 g/mol. The second kappa shape index (κ2) is 9.92. The number of likely N-dealkylation sites (tertiary alicyclic amines) is 1. The third-order valence-electron chi connectivity index (χ3n) is 3.29. The molecule has 0 aliphatic carbocycles. The molecule has 1 heterocycles. The fraction of sp³-hybridized carbons (Fsp3) is 0.857. The quantitative estimate of drug-likeness (QED) is 0.615. The van der Waals surface area contributed by atoms with Crippen molar-refractivity contribution in [3.8, 4) is 0 Å². The SMILES string of the molecule is CC(N)C=O.CCOC(=O)CC1CCN(C)C(C)C1. The van der Waals surface area contributed by atoms with Crippen LogP contribution < -0.4 is 5.73 Å². The van der Waals surface area contributed by atoms with Crippen molar-refractivity contribution in [2.24, 2.45) is 11.7 Å². The molecule has 1 rings (SSSR count). The molecule has 1 fully saturated rings. The first-order valence-corrected chi connectivity index (χ1v) is 6.97. The molecule has 19 heavy (non-hydrogen) atoms. The lowest BCUT2D eigenvalue weighted by Crippen LogP contribution is -2.38. The Balaban J connectivity index is 0.000000555. The predicted octanol–water partition coefficient (Wildman–Crippen LogP) is 1.20. The van der Waals surface area contributed by atoms with Crippen molar-refractivity contribution in [3.05, 3.63) is 0 Å². The van der Waals surface area contributed by atoms with E-state index < -0.39 is 0 Å². The Morgan fingerprint density at radius 3 is 2.58 bits per heavy atom. The Morgan fingerprint density at radius 2 is 2.16 bits per heavy atom. The van der Waals surface area contributed by atoms with Gasteiger partial charge in [-0.15, -0.1) is 0 Å². The van der Waals surface area contributed by atoms with Crippen molar-refractivity contribution in [1.82, 2.24) is 4.90 Å². The second-order valence-corrected chi connectivity index (χ2v) is 5.22. The van der Waals surface area contributed by atoms with Gasteiger partial charge < -0.3 is 20.2 Å². The van der Waals surface area contributed by atoms with Gasteiger partial charge in [0.1, 0.15) is 6.29 Å². The number of hydrogen-bond donors (Lipinski definition) is 1. The fourth-order valence-electron chi connectivity index (χ4n) is 2.03. The van der Waals surface area contributed by atoms with Crippen LogP contribution in [0.5, 0.6) is 0 Å². The summed E-state index contributed by atoms with van der Waals surface area (Å²) in [6.07, 6.45) is 3.54. The van der Waals surface area contributed by atoms with Gasteiger partial charge in [-0.2, -0.15) is 0 Å². The zero-order valence-corrected chi connectivity index (χ0v) is 12.6. The minimum Gasteiger partial charge on any atom is -0.466 e. The number of hydrogen-bond acceptors (Lipinski definition) is 5. The smallest absolute Gasteiger partial charge is 0.306 e. The Hall–Kier alpha value is -0.940. The molecule has 1 aliphatic heterocycles. The highest BCUT2D eigenvalue weighted by molar-refractivity contribution is 5.69. The molecule has 0 aromatic rings. The van der Waals surface area contributed by atoms with Gasteiger partial charge >= 0.3 is 5.97 Å². The van der Waals surface area contributed by atoms with Crippen LogP contribution in [0.15, 0.2) is 0 Å². The summed E-state index contributed by atoms with van der Waals surface area (Å²) in [4.78, 5) is 23.0. The van der Waals surface area contributed by atoms with Gasteiger partial charge in [0.05, 0.1) is 12.6 Å². The van der Waals surface area contributed by atoms with E-state index in [1.807, 2.05) is 6.92 Å². The third-order valence-corrected chi connectivity index (χ3v) is 3.29. The molecule has 0 bridgehead atoms. The van der Waals surface area contributed by atoms with Gasteiger partial charge in [-0.25, -0.2) is 0 Å². The number of carbonyl (C=O) groups excluding carboxylic acids is 2. The summed E-state index contributed by atoms with van der Waals surface area (Å²) in [5.74, 6) is 0.495. The fourth-order valence-corrected chi connectivity index (χ4v) is 2.03. The first-order valence-electron chi connectivity index (χ1n) is 6.97. The highest BCUT2D eigenvalue weighted by atomic mass is 16.5. The molecule has 2 N–H and O–H groups in total. The summed E-state index contributed by atoms with van der Waals surface area (Å²) in [7, 11) is 2.14. The normalized spacial score (nSPS) is 24.9. The van der Waals surface area contributed by atoms with E-state index >= 15 is 0 Å². The lowest BCUT2D eigenvalue weighted by molar-refractivity contribution is -0.144. The van der Waals surface area contributed by atoms with Gasteiger partial charge in [0.25, 0.3) is 0 Å². The zero-order valence-electron chi connectivity index (χ0n) is 12.6. The first kappa shape index (κ1) is 18.1. The van der Waals surface area contributed by atoms with E-state index in [4.69, 9.17) is 10.5 Å². The van der Waals surface area contributed by atoms with Crippen molar-refractivity contribution in [2.75, 3.05) is 20.2 Å². The zero-order chi connectivity index (χ0) is 14.8. The third kappa shape index (κ3) is 8.72. The Morgan fingerprint density at radius 1 is 1.58 bits per heavy atom. The molecule has 0 aromatic carbocycles. The van der Waals surface area contributed by atoms with Gasteiger partial charge in [0.15, 0.2) is 0 Å². The molecule has 1 saturated heterocycles. The molecule has 1 aliphatic rings. The van der Waals surface area contributed by atoms with Crippen LogP contribution in [0.1, 0.15) is 40.0 Å². The average Bonchev–Trinajstić information content (AvgIpc) is 2.35. The summed E-state index contributed by atoms with van der Waals surface area (Å²) in [5, 5.41) is 0. The van der Waals surface area contributed by atoms with Crippen molar-refractivity contribution in [2.45, 2.75) is 52.1 Å². The molecular formula is C14H28N2O3. The lowest BCUT2D eigenvalue weighted by Gasteiger charge is -2.34. The van der Waals surface area contributed by atoms with Crippen LogP contribution >= 0.6 is 0 Å². The molecule has 0 radical (unpaired) electrons. The number of rotatable bonds is 4. The molecule has 0 saturated carbocycles. The summed E-state index contributed by atoms with van der Waals surface area (Å²) >= 11 is 0. The highest BCUT2D eigenvalue weighted by Crippen LogP contribution is 2.24. The molecule has 0 spiro atoms. The highest BCUT2D eigenvalue weighted by Gasteiger charge is 2.24. The van der Waals surface area contributed by atoms with E-state index in [0.29, 0.717) is 31.3 Å². The number of piperidine rings is 1. The van der Waals surface area contributed by atoms with Crippen LogP contribution in [0.2, 0.25) is 0 Å². The summed E-state index contributed by atoms with van der Waals surface area (Å²) in [6.45, 7) is 7.31. The maximum absolute atomic E-state index is 11.3. The van der Waals surface area contributed by atoms with Crippen molar-refractivity contribution < 1.29 is 14.3 Å². The van der Waals surface area contributed by atoms with Crippen LogP contribution in [-0.2, 0) is 14.3 Å². The molecule has 0 amide bonds. The van der Waals surface area contributed by atoms with Gasteiger partial charge in [-0.05, 0) is 53.1 Å². The number of esters is 1. The molecule has 3 unspecified atom stereocenters. The Bertz CT molecular complexity index is 269. The van der Waals surface area contributed by atoms with Crippen molar-refractivity contribution >= 4 is 12.3 Å². The first-order chi connectivity index (χ1) is 8.90. The maximum Gasteiger partial charge on any atom is 0.306 e. The molecule has 5 nitrogen and oxygen atoms in total. The van der Waals surface area contributed by atoms with Gasteiger partial charge in [-0.1, -0.05) is 0 Å². The largest absolute Gasteiger partial charge is 0.466 e. The number of aldehydes is 1. The topological polar surface area (TPSA) is 72.6 Å². The van der Waals surface area contributed by atoms with Crippen LogP contribution in [0.3, 0.4) is 0 Å². The van der Waals surface area contributed by atoms with Gasteiger partial charge in [0, 0.05) is 12.5 Å². The van der Waals surface area contributed by atoms with Gasteiger partial charge in [0.2, 0.25) is 0 Å². The second-order valence-electron chi connectivity index (χ2n) is 5.22.